The second-order valence-electron chi connectivity index (χ2n) is 30.6. The Kier molecular flexibility index (Phi) is 73.1. The van der Waals surface area contributed by atoms with Crippen LogP contribution in [0.5, 0.6) is 0 Å². The fourth-order valence-electron chi connectivity index (χ4n) is 12.9. The average Bonchev–Trinajstić information content (AvgIpc) is 0.922. The molecule has 0 aromatic carbocycles. The summed E-state index contributed by atoms with van der Waals surface area (Å²) in [6.07, 6.45) is 65.2. The highest BCUT2D eigenvalue weighted by molar-refractivity contribution is 7.47. The Hall–Kier alpha value is -1.94. The Morgan fingerprint density at radius 2 is 0.500 bits per heavy atom. The first kappa shape index (κ1) is 100. The number of aliphatic hydroxyl groups is 1. The Labute approximate surface area is 626 Å². The number of hydrogen-bond acceptors (Lipinski definition) is 15. The van der Waals surface area contributed by atoms with Gasteiger partial charge in [0.05, 0.1) is 26.4 Å². The van der Waals surface area contributed by atoms with Crippen molar-refractivity contribution in [1.82, 2.24) is 0 Å². The van der Waals surface area contributed by atoms with E-state index in [0.717, 1.165) is 102 Å². The Morgan fingerprint density at radius 1 is 0.284 bits per heavy atom. The lowest BCUT2D eigenvalue weighted by Gasteiger charge is -2.21. The molecule has 0 spiro atoms. The van der Waals surface area contributed by atoms with Gasteiger partial charge in [-0.1, -0.05) is 388 Å². The van der Waals surface area contributed by atoms with Crippen LogP contribution in [0.3, 0.4) is 0 Å². The molecule has 17 nitrogen and oxygen atoms in total. The summed E-state index contributed by atoms with van der Waals surface area (Å²) in [5.41, 5.74) is 0. The maximum atomic E-state index is 13.1. The summed E-state index contributed by atoms with van der Waals surface area (Å²) in [6.45, 7) is 9.67. The van der Waals surface area contributed by atoms with Crippen molar-refractivity contribution >= 4 is 39.5 Å². The molecule has 0 aromatic rings. The number of phosphoric acid groups is 2. The number of carbonyl (C=O) groups excluding carboxylic acids is 4. The molecular weight excluding hydrogens is 1330 g/mol. The summed E-state index contributed by atoms with van der Waals surface area (Å²) in [6, 6.07) is 0. The van der Waals surface area contributed by atoms with Crippen molar-refractivity contribution < 1.29 is 80.2 Å². The third-order valence-electron chi connectivity index (χ3n) is 19.8. The minimum absolute atomic E-state index is 0.108. The zero-order valence-electron chi connectivity index (χ0n) is 66.9. The number of aliphatic hydroxyl groups excluding tert-OH is 1. The molecule has 0 saturated carbocycles. The van der Waals surface area contributed by atoms with E-state index in [1.54, 1.807) is 0 Å². The molecule has 606 valence electrons. The summed E-state index contributed by atoms with van der Waals surface area (Å²) in [7, 11) is -9.92. The molecule has 0 fully saturated rings. The molecular formula is C83H162O17P2. The van der Waals surface area contributed by atoms with Crippen molar-refractivity contribution in [2.45, 2.75) is 458 Å². The molecule has 6 atom stereocenters. The lowest BCUT2D eigenvalue weighted by atomic mass is 9.99. The molecule has 0 aliphatic carbocycles. The predicted molar refractivity (Wildman–Crippen MR) is 418 cm³/mol. The molecule has 0 aliphatic rings. The quantitative estimate of drug-likeness (QED) is 0.0222. The monoisotopic (exact) mass is 1490 g/mol. The first-order valence-electron chi connectivity index (χ1n) is 43.0. The van der Waals surface area contributed by atoms with Crippen LogP contribution in [0.2, 0.25) is 0 Å². The van der Waals surface area contributed by atoms with Crippen molar-refractivity contribution in [3.8, 4) is 0 Å². The maximum Gasteiger partial charge on any atom is 0.472 e. The lowest BCUT2D eigenvalue weighted by Crippen LogP contribution is -2.30. The summed E-state index contributed by atoms with van der Waals surface area (Å²) >= 11 is 0. The normalized spacial score (nSPS) is 14.1. The SMILES string of the molecule is CCCCCCCCCCCCCCCCCC(=O)OC[C@H](COP(=O)(O)OC[C@@H](O)COP(=O)(O)OC[C@@H](COC(=O)CCCCCCCCCC(C)C)OC(=O)CCCCCCCCCCCCCCCCC)OC(=O)CCCCCCCCCCCCCCCCCCCCC(C)CC. The Morgan fingerprint density at radius 3 is 0.745 bits per heavy atom. The van der Waals surface area contributed by atoms with E-state index in [9.17, 15) is 43.2 Å². The van der Waals surface area contributed by atoms with Crippen LogP contribution in [0.25, 0.3) is 0 Å². The summed E-state index contributed by atoms with van der Waals surface area (Å²) in [5, 5.41) is 10.7. The zero-order valence-corrected chi connectivity index (χ0v) is 68.7. The van der Waals surface area contributed by atoms with Crippen LogP contribution in [0.15, 0.2) is 0 Å². The number of esters is 4. The summed E-state index contributed by atoms with van der Waals surface area (Å²) < 4.78 is 68.8. The van der Waals surface area contributed by atoms with Crippen molar-refractivity contribution in [1.29, 1.82) is 0 Å². The minimum Gasteiger partial charge on any atom is -0.462 e. The van der Waals surface area contributed by atoms with E-state index in [0.29, 0.717) is 31.6 Å². The lowest BCUT2D eigenvalue weighted by molar-refractivity contribution is -0.161. The van der Waals surface area contributed by atoms with Crippen LogP contribution in [-0.2, 0) is 65.4 Å². The van der Waals surface area contributed by atoms with Gasteiger partial charge in [0, 0.05) is 25.7 Å². The Bertz CT molecular complexity index is 1960. The minimum atomic E-state index is -4.96. The van der Waals surface area contributed by atoms with Crippen molar-refractivity contribution in [2.75, 3.05) is 39.6 Å². The van der Waals surface area contributed by atoms with Gasteiger partial charge in [0.25, 0.3) is 0 Å². The van der Waals surface area contributed by atoms with Crippen LogP contribution >= 0.6 is 15.6 Å². The van der Waals surface area contributed by atoms with Crippen LogP contribution in [0, 0.1) is 11.8 Å². The molecule has 3 unspecified atom stereocenters. The third kappa shape index (κ3) is 74.9. The number of unbranched alkanes of at least 4 members (excludes halogenated alkanes) is 51. The van der Waals surface area contributed by atoms with E-state index >= 15 is 0 Å². The number of rotatable bonds is 82. The molecule has 0 radical (unpaired) electrons. The maximum absolute atomic E-state index is 13.1. The molecule has 19 heteroatoms. The highest BCUT2D eigenvalue weighted by atomic mass is 31.2. The molecule has 3 N–H and O–H groups in total. The molecule has 0 aromatic heterocycles. The van der Waals surface area contributed by atoms with Gasteiger partial charge in [-0.05, 0) is 37.5 Å². The van der Waals surface area contributed by atoms with Gasteiger partial charge in [-0.15, -0.1) is 0 Å². The second-order valence-corrected chi connectivity index (χ2v) is 33.5. The van der Waals surface area contributed by atoms with Gasteiger partial charge >= 0.3 is 39.5 Å². The number of carbonyl (C=O) groups is 4. The molecule has 0 heterocycles. The second kappa shape index (κ2) is 74.5. The van der Waals surface area contributed by atoms with E-state index in [4.69, 9.17) is 37.0 Å². The van der Waals surface area contributed by atoms with E-state index in [-0.39, 0.29) is 25.7 Å². The fraction of sp³-hybridized carbons (Fsp3) is 0.952. The summed E-state index contributed by atoms with van der Waals surface area (Å²) in [4.78, 5) is 73.1. The van der Waals surface area contributed by atoms with Crippen LogP contribution < -0.4 is 0 Å². The average molecular weight is 1490 g/mol. The van der Waals surface area contributed by atoms with E-state index < -0.39 is 97.5 Å². The van der Waals surface area contributed by atoms with Gasteiger partial charge in [0.1, 0.15) is 19.3 Å². The molecule has 102 heavy (non-hydrogen) atoms. The van der Waals surface area contributed by atoms with Crippen LogP contribution in [0.4, 0.5) is 0 Å². The van der Waals surface area contributed by atoms with Crippen LogP contribution in [0.1, 0.15) is 440 Å². The van der Waals surface area contributed by atoms with Gasteiger partial charge < -0.3 is 33.8 Å². The first-order valence-corrected chi connectivity index (χ1v) is 46.0. The van der Waals surface area contributed by atoms with E-state index in [2.05, 4.69) is 41.5 Å². The predicted octanol–water partition coefficient (Wildman–Crippen LogP) is 25.1. The standard InChI is InChI=1S/C83H162O17P2/c1-7-10-12-14-16-18-20-22-28-33-37-41-47-53-59-65-80(85)93-71-78(99-82(87)68-62-56-49-43-39-35-31-27-25-24-26-30-32-36-40-46-52-58-64-76(6)9-3)73-97-101(89,90)95-69-77(84)70-96-102(91,92)98-74-79(72-94-81(86)66-60-54-50-44-45-51-57-63-75(4)5)100-83(88)67-61-55-48-42-38-34-29-23-21-19-17-15-13-11-8-2/h75-79,84H,7-74H2,1-6H3,(H,89,90)(H,91,92)/t76?,77-,78-,79-/m1/s1. The molecule has 0 saturated heterocycles. The highest BCUT2D eigenvalue weighted by Gasteiger charge is 2.30. The van der Waals surface area contributed by atoms with Gasteiger partial charge in [0.15, 0.2) is 12.2 Å². The topological polar surface area (TPSA) is 237 Å². The van der Waals surface area contributed by atoms with Gasteiger partial charge in [-0.3, -0.25) is 37.3 Å². The molecule has 0 rings (SSSR count). The molecule has 0 aliphatic heterocycles. The van der Waals surface area contributed by atoms with Crippen molar-refractivity contribution in [3.63, 3.8) is 0 Å². The number of ether oxygens (including phenoxy) is 4. The van der Waals surface area contributed by atoms with Gasteiger partial charge in [-0.25, -0.2) is 9.13 Å². The van der Waals surface area contributed by atoms with Crippen molar-refractivity contribution in [2.24, 2.45) is 11.8 Å². The number of hydrogen-bond donors (Lipinski definition) is 3. The highest BCUT2D eigenvalue weighted by Crippen LogP contribution is 2.45. The first-order chi connectivity index (χ1) is 49.4. The van der Waals surface area contributed by atoms with Crippen molar-refractivity contribution in [3.05, 3.63) is 0 Å². The van der Waals surface area contributed by atoms with Gasteiger partial charge in [0.2, 0.25) is 0 Å². The smallest absolute Gasteiger partial charge is 0.462 e. The third-order valence-corrected chi connectivity index (χ3v) is 21.7. The number of phosphoric ester groups is 2. The van der Waals surface area contributed by atoms with E-state index in [1.165, 1.54) is 250 Å². The molecule has 0 bridgehead atoms. The van der Waals surface area contributed by atoms with E-state index in [1.807, 2.05) is 0 Å². The Balaban J connectivity index is 5.21. The van der Waals surface area contributed by atoms with Crippen LogP contribution in [-0.4, -0.2) is 96.7 Å². The zero-order chi connectivity index (χ0) is 74.9. The fourth-order valence-corrected chi connectivity index (χ4v) is 14.4. The summed E-state index contributed by atoms with van der Waals surface area (Å²) in [5.74, 6) is -0.529. The van der Waals surface area contributed by atoms with Gasteiger partial charge in [-0.2, -0.15) is 0 Å². The largest absolute Gasteiger partial charge is 0.472 e. The molecule has 0 amide bonds.